The molecule has 0 spiro atoms. The molecule has 0 bridgehead atoms. The van der Waals surface area contributed by atoms with E-state index in [4.69, 9.17) is 15.2 Å². The Kier molecular flexibility index (Phi) is 12.8. The molecular weight excluding hydrogens is 810 g/mol. The topological polar surface area (TPSA) is 198 Å². The van der Waals surface area contributed by atoms with Crippen molar-refractivity contribution >= 4 is 57.6 Å². The number of methoxy groups -OCH3 is 1. The number of anilines is 3. The number of unbranched alkanes of at least 4 members (excludes halogenated alkanes) is 3. The molecule has 328 valence electrons. The minimum atomic E-state index is -4.55. The van der Waals surface area contributed by atoms with Gasteiger partial charge in [0, 0.05) is 67.2 Å². The average Bonchev–Trinajstić information content (AvgIpc) is 3.82. The van der Waals surface area contributed by atoms with E-state index >= 15 is 0 Å². The fraction of sp³-hybridized carbons (Fsp3) is 0.432. The van der Waals surface area contributed by atoms with Crippen molar-refractivity contribution in [3.63, 3.8) is 0 Å². The number of imide groups is 1. The summed E-state index contributed by atoms with van der Waals surface area (Å²) in [5.74, 6) is 0.438. The predicted octanol–water partition coefficient (Wildman–Crippen LogP) is 6.44. The number of carbonyl (C=O) groups is 5. The Balaban J connectivity index is 0.860. The Labute approximate surface area is 355 Å². The van der Waals surface area contributed by atoms with Crippen LogP contribution in [0.5, 0.6) is 11.5 Å². The molecule has 15 nitrogen and oxygen atoms in total. The van der Waals surface area contributed by atoms with E-state index in [0.717, 1.165) is 25.0 Å². The van der Waals surface area contributed by atoms with Crippen LogP contribution < -0.4 is 31.2 Å². The van der Waals surface area contributed by atoms with Crippen LogP contribution in [0.2, 0.25) is 0 Å². The summed E-state index contributed by atoms with van der Waals surface area (Å²) < 4.78 is 52.6. The lowest BCUT2D eigenvalue weighted by atomic mass is 10.0. The van der Waals surface area contributed by atoms with Crippen LogP contribution in [0.3, 0.4) is 0 Å². The summed E-state index contributed by atoms with van der Waals surface area (Å²) in [6.45, 7) is 4.56. The highest BCUT2D eigenvalue weighted by atomic mass is 19.4. The first-order valence-electron chi connectivity index (χ1n) is 20.7. The number of ether oxygens (including phenoxy) is 2. The van der Waals surface area contributed by atoms with Crippen molar-refractivity contribution in [2.24, 2.45) is 0 Å². The van der Waals surface area contributed by atoms with Crippen LogP contribution in [0.4, 0.5) is 30.4 Å². The summed E-state index contributed by atoms with van der Waals surface area (Å²) in [4.78, 5) is 75.0. The van der Waals surface area contributed by atoms with Crippen molar-refractivity contribution in [3.8, 4) is 11.5 Å². The predicted molar refractivity (Wildman–Crippen MR) is 223 cm³/mol. The van der Waals surface area contributed by atoms with Gasteiger partial charge in [0.1, 0.15) is 23.8 Å². The molecule has 1 aromatic heterocycles. The van der Waals surface area contributed by atoms with Crippen molar-refractivity contribution in [2.75, 3.05) is 36.6 Å². The third-order valence-electron chi connectivity index (χ3n) is 11.4. The van der Waals surface area contributed by atoms with Gasteiger partial charge in [0.2, 0.25) is 23.6 Å². The molecule has 4 heterocycles. The molecule has 5 amide bonds. The fourth-order valence-electron chi connectivity index (χ4n) is 8.17. The average molecular weight is 859 g/mol. The van der Waals surface area contributed by atoms with Gasteiger partial charge in [-0.1, -0.05) is 12.8 Å². The molecule has 3 aliphatic heterocycles. The highest BCUT2D eigenvalue weighted by Gasteiger charge is 2.39. The van der Waals surface area contributed by atoms with E-state index in [1.807, 2.05) is 0 Å². The van der Waals surface area contributed by atoms with Gasteiger partial charge in [-0.2, -0.15) is 13.2 Å². The summed E-state index contributed by atoms with van der Waals surface area (Å²) >= 11 is 0. The molecule has 2 fully saturated rings. The summed E-state index contributed by atoms with van der Waals surface area (Å²) in [7, 11) is 1.51. The van der Waals surface area contributed by atoms with E-state index < -0.39 is 29.7 Å². The van der Waals surface area contributed by atoms with Crippen LogP contribution >= 0.6 is 0 Å². The van der Waals surface area contributed by atoms with Gasteiger partial charge in [-0.15, -0.1) is 0 Å². The number of hydrogen-bond acceptors (Lipinski definition) is 11. The molecule has 18 heteroatoms. The van der Waals surface area contributed by atoms with Gasteiger partial charge in [-0.3, -0.25) is 29.3 Å². The normalized spacial score (nSPS) is 18.1. The molecule has 5 N–H and O–H groups in total. The fourth-order valence-corrected chi connectivity index (χ4v) is 8.17. The number of halogens is 3. The van der Waals surface area contributed by atoms with Crippen LogP contribution in [0.1, 0.15) is 104 Å². The number of aromatic nitrogens is 2. The van der Waals surface area contributed by atoms with E-state index in [9.17, 15) is 37.1 Å². The maximum atomic E-state index is 13.5. The smallest absolute Gasteiger partial charge is 0.416 e. The van der Waals surface area contributed by atoms with Crippen molar-refractivity contribution in [2.45, 2.75) is 103 Å². The molecule has 62 heavy (non-hydrogen) atoms. The number of amides is 5. The number of nitrogens with zero attached hydrogens (tertiary/aromatic N) is 4. The Hall–Kier alpha value is -6.46. The minimum absolute atomic E-state index is 0.00582. The Morgan fingerprint density at radius 1 is 0.984 bits per heavy atom. The number of carbonyl (C=O) groups excluding carboxylic acids is 5. The number of fused-ring (bicyclic) bond motifs is 2. The van der Waals surface area contributed by atoms with Crippen molar-refractivity contribution < 1.29 is 46.6 Å². The third kappa shape index (κ3) is 10.0. The van der Waals surface area contributed by atoms with Crippen molar-refractivity contribution in [1.82, 2.24) is 25.1 Å². The number of aryl methyl sites for hydroxylation is 1. The molecule has 1 unspecified atom stereocenters. The van der Waals surface area contributed by atoms with Crippen molar-refractivity contribution in [1.29, 1.82) is 0 Å². The summed E-state index contributed by atoms with van der Waals surface area (Å²) in [5.41, 5.74) is 7.59. The van der Waals surface area contributed by atoms with Gasteiger partial charge < -0.3 is 35.6 Å². The second kappa shape index (κ2) is 18.3. The Morgan fingerprint density at radius 2 is 1.76 bits per heavy atom. The molecule has 0 aliphatic carbocycles. The van der Waals surface area contributed by atoms with Gasteiger partial charge in [-0.05, 0) is 86.7 Å². The number of benzene rings is 3. The second-order valence-electron chi connectivity index (χ2n) is 16.0. The molecule has 0 saturated carbocycles. The third-order valence-corrected chi connectivity index (χ3v) is 11.4. The van der Waals surface area contributed by atoms with E-state index in [1.165, 1.54) is 18.1 Å². The lowest BCUT2D eigenvalue weighted by Crippen LogP contribution is -2.52. The van der Waals surface area contributed by atoms with E-state index in [0.29, 0.717) is 102 Å². The maximum absolute atomic E-state index is 13.5. The number of likely N-dealkylation sites (tertiary alicyclic amines) is 1. The zero-order valence-corrected chi connectivity index (χ0v) is 34.7. The molecule has 3 aromatic carbocycles. The first-order valence-corrected chi connectivity index (χ1v) is 20.7. The Morgan fingerprint density at radius 3 is 2.50 bits per heavy atom. The van der Waals surface area contributed by atoms with Gasteiger partial charge in [-0.25, -0.2) is 9.97 Å². The van der Waals surface area contributed by atoms with Gasteiger partial charge in [0.15, 0.2) is 11.5 Å². The van der Waals surface area contributed by atoms with Crippen molar-refractivity contribution in [3.05, 3.63) is 76.6 Å². The summed E-state index contributed by atoms with van der Waals surface area (Å²) in [6, 6.07) is 10.6. The van der Waals surface area contributed by atoms with Crippen LogP contribution in [0.15, 0.2) is 48.5 Å². The highest BCUT2D eigenvalue weighted by Crippen LogP contribution is 2.38. The van der Waals surface area contributed by atoms with Crippen LogP contribution in [-0.4, -0.2) is 81.6 Å². The number of piperidine rings is 1. The number of nitrogen functional groups attached to an aromatic ring is 1. The zero-order chi connectivity index (χ0) is 44.3. The molecule has 3 atom stereocenters. The maximum Gasteiger partial charge on any atom is 0.416 e. The summed E-state index contributed by atoms with van der Waals surface area (Å²) in [5, 5.41) is 8.98. The van der Waals surface area contributed by atoms with E-state index in [-0.39, 0.29) is 54.8 Å². The molecule has 4 aromatic rings. The largest absolute Gasteiger partial charge is 0.493 e. The summed E-state index contributed by atoms with van der Waals surface area (Å²) in [6.07, 6.45) is -0.310. The molecular formula is C44H49F3N8O7. The second-order valence-corrected chi connectivity index (χ2v) is 16.0. The highest BCUT2D eigenvalue weighted by molar-refractivity contribution is 6.05. The lowest BCUT2D eigenvalue weighted by molar-refractivity contribution is -0.138. The minimum Gasteiger partial charge on any atom is -0.493 e. The lowest BCUT2D eigenvalue weighted by Gasteiger charge is -2.29. The quantitative estimate of drug-likeness (QED) is 0.0583. The van der Waals surface area contributed by atoms with Crippen LogP contribution in [0.25, 0.3) is 10.9 Å². The number of nitrogens with two attached hydrogens (primary N) is 1. The number of hydrogen-bond donors (Lipinski definition) is 4. The number of nitrogens with one attached hydrogen (secondary N) is 3. The Bertz CT molecular complexity index is 2410. The van der Waals surface area contributed by atoms with E-state index in [2.05, 4.69) is 25.9 Å². The number of rotatable bonds is 15. The molecule has 7 rings (SSSR count). The first-order chi connectivity index (χ1) is 29.6. The van der Waals surface area contributed by atoms with Gasteiger partial charge >= 0.3 is 6.18 Å². The zero-order valence-electron chi connectivity index (χ0n) is 34.7. The molecule has 3 aliphatic rings. The number of alkyl halides is 3. The molecule has 0 radical (unpaired) electrons. The standard InChI is InChI=1S/C44H49F3N8O7/c1-24(26-16-28(44(45,46)47)19-29(48)17-26)49-41-33-20-37(36(61-3)21-34(33)50-25(2)51-41)62-31-14-15-54(23-31)40(58)9-7-5-4-6-8-38(56)52-30-10-11-32-27(18-30)22-55(43(32)60)35-12-13-39(57)53-42(35)59/h10-11,16-21,24,31,35H,4-9,12-15,22-23,48H2,1-3H3,(H,52,56)(H,49,50,51)(H,53,57,59)/t24-,31+,35?/m1/s1. The van der Waals surface area contributed by atoms with Crippen LogP contribution in [-0.2, 0) is 31.9 Å². The monoisotopic (exact) mass is 858 g/mol. The first kappa shape index (κ1) is 43.6. The van der Waals surface area contributed by atoms with Crippen LogP contribution in [0, 0.1) is 6.92 Å². The molecule has 2 saturated heterocycles. The van der Waals surface area contributed by atoms with E-state index in [1.54, 1.807) is 49.1 Å². The van der Waals surface area contributed by atoms with Gasteiger partial charge in [0.25, 0.3) is 5.91 Å². The SMILES string of the molecule is COc1cc2nc(C)nc(N[C@H](C)c3cc(N)cc(C(F)(F)F)c3)c2cc1O[C@H]1CCN(C(=O)CCCCCCC(=O)Nc2ccc3c(c2)CN(C2CCC(=O)NC2=O)C3=O)C1. The van der Waals surface area contributed by atoms with Gasteiger partial charge in [0.05, 0.1) is 30.8 Å².